The maximum atomic E-state index is 13.0. The molecule has 2 saturated heterocycles. The molecule has 2 aliphatic rings. The molecular weight excluding hydrogens is 394 g/mol. The van der Waals surface area contributed by atoms with E-state index in [0.717, 1.165) is 23.4 Å². The number of anilines is 1. The first kappa shape index (κ1) is 20.8. The molecule has 2 unspecified atom stereocenters. The molecule has 0 aliphatic carbocycles. The highest BCUT2D eigenvalue weighted by atomic mass is 16.2. The zero-order valence-electron chi connectivity index (χ0n) is 18.0. The zero-order chi connectivity index (χ0) is 22.2. The van der Waals surface area contributed by atoms with Crippen LogP contribution in [-0.4, -0.2) is 46.9 Å². The smallest absolute Gasteiger partial charge is 0.322 e. The van der Waals surface area contributed by atoms with Crippen LogP contribution in [0, 0.1) is 13.8 Å². The fraction of sp³-hybridized carbons (Fsp3) is 0.391. The van der Waals surface area contributed by atoms with E-state index in [-0.39, 0.29) is 17.9 Å². The zero-order valence-corrected chi connectivity index (χ0v) is 18.0. The van der Waals surface area contributed by atoms with Crippen molar-refractivity contribution in [2.75, 3.05) is 18.4 Å². The summed E-state index contributed by atoms with van der Waals surface area (Å²) in [6.07, 6.45) is 3.11. The molecular formula is C23H27N5O3. The first-order valence-corrected chi connectivity index (χ1v) is 10.6. The van der Waals surface area contributed by atoms with Crippen LogP contribution in [0.3, 0.4) is 0 Å². The van der Waals surface area contributed by atoms with Gasteiger partial charge in [0, 0.05) is 30.9 Å². The van der Waals surface area contributed by atoms with E-state index in [0.29, 0.717) is 30.6 Å². The first-order chi connectivity index (χ1) is 14.8. The standard InChI is InChI=1S/C23H27N5O3/c1-4-23(21(30)26-22(31)27-23)17-7-5-16(6-8-17)20(29)28-10-9-18(13-28)25-19-15(3)11-14(2)12-24-19/h5-8,11-12,18H,4,9-10,13H2,1-3H3,(H,24,25)(H2,26,27,30,31). The molecule has 2 fully saturated rings. The number of rotatable bonds is 5. The maximum Gasteiger partial charge on any atom is 0.322 e. The molecule has 4 amide bonds. The molecule has 0 spiro atoms. The SMILES string of the molecule is CCC1(c2ccc(C(=O)N3CCC(Nc4ncc(C)cc4C)C3)cc2)NC(=O)NC1=O. The van der Waals surface area contributed by atoms with Gasteiger partial charge < -0.3 is 15.5 Å². The number of nitrogens with one attached hydrogen (secondary N) is 3. The van der Waals surface area contributed by atoms with Crippen LogP contribution >= 0.6 is 0 Å². The molecule has 0 bridgehead atoms. The van der Waals surface area contributed by atoms with Crippen molar-refractivity contribution in [3.8, 4) is 0 Å². The summed E-state index contributed by atoms with van der Waals surface area (Å²) in [5.41, 5.74) is 2.35. The summed E-state index contributed by atoms with van der Waals surface area (Å²) >= 11 is 0. The Morgan fingerprint density at radius 3 is 2.61 bits per heavy atom. The van der Waals surface area contributed by atoms with Gasteiger partial charge in [-0.3, -0.25) is 14.9 Å². The van der Waals surface area contributed by atoms with Gasteiger partial charge in [0.05, 0.1) is 0 Å². The molecule has 2 atom stereocenters. The van der Waals surface area contributed by atoms with E-state index in [1.165, 1.54) is 0 Å². The van der Waals surface area contributed by atoms with Crippen LogP contribution in [0.5, 0.6) is 0 Å². The normalized spacial score (nSPS) is 22.9. The van der Waals surface area contributed by atoms with E-state index in [4.69, 9.17) is 0 Å². The third-order valence-corrected chi connectivity index (χ3v) is 6.13. The number of carbonyl (C=O) groups is 3. The van der Waals surface area contributed by atoms with Crippen LogP contribution in [0.4, 0.5) is 10.6 Å². The van der Waals surface area contributed by atoms with Crippen molar-refractivity contribution in [1.29, 1.82) is 0 Å². The Balaban J connectivity index is 1.43. The van der Waals surface area contributed by atoms with Gasteiger partial charge in [0.2, 0.25) is 0 Å². The average molecular weight is 422 g/mol. The topological polar surface area (TPSA) is 103 Å². The number of amides is 4. The fourth-order valence-electron chi connectivity index (χ4n) is 4.35. The summed E-state index contributed by atoms with van der Waals surface area (Å²) in [5, 5.41) is 8.46. The van der Waals surface area contributed by atoms with Crippen molar-refractivity contribution in [2.45, 2.75) is 45.2 Å². The lowest BCUT2D eigenvalue weighted by Crippen LogP contribution is -2.43. The molecule has 1 aromatic heterocycles. The Morgan fingerprint density at radius 1 is 1.26 bits per heavy atom. The summed E-state index contributed by atoms with van der Waals surface area (Å²) < 4.78 is 0. The molecule has 3 heterocycles. The van der Waals surface area contributed by atoms with Crippen LogP contribution in [0.25, 0.3) is 0 Å². The van der Waals surface area contributed by atoms with E-state index in [1.807, 2.05) is 31.9 Å². The number of benzene rings is 1. The maximum absolute atomic E-state index is 13.0. The van der Waals surface area contributed by atoms with E-state index in [1.54, 1.807) is 24.3 Å². The van der Waals surface area contributed by atoms with Crippen LogP contribution in [0.2, 0.25) is 0 Å². The van der Waals surface area contributed by atoms with Crippen molar-refractivity contribution in [2.24, 2.45) is 0 Å². The Labute approximate surface area is 181 Å². The minimum Gasteiger partial charge on any atom is -0.365 e. The lowest BCUT2D eigenvalue weighted by molar-refractivity contribution is -0.124. The quantitative estimate of drug-likeness (QED) is 0.644. The van der Waals surface area contributed by atoms with E-state index in [9.17, 15) is 14.4 Å². The number of urea groups is 1. The predicted octanol–water partition coefficient (Wildman–Crippen LogP) is 2.47. The lowest BCUT2D eigenvalue weighted by atomic mass is 9.87. The largest absolute Gasteiger partial charge is 0.365 e. The number of hydrogen-bond donors (Lipinski definition) is 3. The number of nitrogens with zero attached hydrogens (tertiary/aromatic N) is 2. The summed E-state index contributed by atoms with van der Waals surface area (Å²) in [7, 11) is 0. The van der Waals surface area contributed by atoms with Gasteiger partial charge in [-0.25, -0.2) is 9.78 Å². The minimum atomic E-state index is -1.08. The Morgan fingerprint density at radius 2 is 2.00 bits per heavy atom. The molecule has 3 N–H and O–H groups in total. The molecule has 8 nitrogen and oxygen atoms in total. The first-order valence-electron chi connectivity index (χ1n) is 10.6. The molecule has 4 rings (SSSR count). The number of aromatic nitrogens is 1. The highest BCUT2D eigenvalue weighted by molar-refractivity contribution is 6.07. The van der Waals surface area contributed by atoms with Crippen molar-refractivity contribution in [3.05, 3.63) is 58.8 Å². The van der Waals surface area contributed by atoms with Gasteiger partial charge in [-0.15, -0.1) is 0 Å². The van der Waals surface area contributed by atoms with Crippen molar-refractivity contribution in [3.63, 3.8) is 0 Å². The highest BCUT2D eigenvalue weighted by Gasteiger charge is 2.46. The van der Waals surface area contributed by atoms with Crippen molar-refractivity contribution >= 4 is 23.7 Å². The van der Waals surface area contributed by atoms with Gasteiger partial charge in [0.1, 0.15) is 11.4 Å². The molecule has 2 aliphatic heterocycles. The summed E-state index contributed by atoms with van der Waals surface area (Å²) in [4.78, 5) is 43.2. The van der Waals surface area contributed by atoms with E-state index in [2.05, 4.69) is 27.0 Å². The van der Waals surface area contributed by atoms with Crippen molar-refractivity contribution in [1.82, 2.24) is 20.5 Å². The van der Waals surface area contributed by atoms with Crippen LogP contribution in [0.1, 0.15) is 46.8 Å². The lowest BCUT2D eigenvalue weighted by Gasteiger charge is -2.25. The third kappa shape index (κ3) is 3.85. The minimum absolute atomic E-state index is 0.0464. The summed E-state index contributed by atoms with van der Waals surface area (Å²) in [6, 6.07) is 8.67. The summed E-state index contributed by atoms with van der Waals surface area (Å²) in [5.74, 6) is 0.443. The molecule has 2 aromatic rings. The molecule has 0 saturated carbocycles. The second-order valence-electron chi connectivity index (χ2n) is 8.30. The molecule has 8 heteroatoms. The Bertz CT molecular complexity index is 1040. The second kappa shape index (κ2) is 8.02. The molecule has 0 radical (unpaired) electrons. The number of carbonyl (C=O) groups excluding carboxylic acids is 3. The molecule has 31 heavy (non-hydrogen) atoms. The second-order valence-corrected chi connectivity index (χ2v) is 8.30. The number of hydrogen-bond acceptors (Lipinski definition) is 5. The van der Waals surface area contributed by atoms with E-state index >= 15 is 0 Å². The van der Waals surface area contributed by atoms with Gasteiger partial charge in [-0.2, -0.15) is 0 Å². The predicted molar refractivity (Wildman–Crippen MR) is 117 cm³/mol. The average Bonchev–Trinajstić information content (AvgIpc) is 3.33. The van der Waals surface area contributed by atoms with Gasteiger partial charge in [0.15, 0.2) is 0 Å². The Kier molecular flexibility index (Phi) is 5.39. The van der Waals surface area contributed by atoms with Crippen LogP contribution < -0.4 is 16.0 Å². The number of pyridine rings is 1. The molecule has 162 valence electrons. The highest BCUT2D eigenvalue weighted by Crippen LogP contribution is 2.29. The van der Waals surface area contributed by atoms with Crippen LogP contribution in [-0.2, 0) is 10.3 Å². The monoisotopic (exact) mass is 421 g/mol. The fourth-order valence-corrected chi connectivity index (χ4v) is 4.35. The van der Waals surface area contributed by atoms with Gasteiger partial charge >= 0.3 is 6.03 Å². The number of imide groups is 1. The third-order valence-electron chi connectivity index (χ3n) is 6.13. The van der Waals surface area contributed by atoms with Crippen LogP contribution in [0.15, 0.2) is 36.5 Å². The summed E-state index contributed by atoms with van der Waals surface area (Å²) in [6.45, 7) is 7.15. The number of aryl methyl sites for hydroxylation is 2. The van der Waals surface area contributed by atoms with Gasteiger partial charge in [-0.1, -0.05) is 25.1 Å². The van der Waals surface area contributed by atoms with Gasteiger partial charge in [0.25, 0.3) is 11.8 Å². The Hall–Kier alpha value is -3.42. The van der Waals surface area contributed by atoms with E-state index < -0.39 is 11.6 Å². The van der Waals surface area contributed by atoms with Crippen molar-refractivity contribution < 1.29 is 14.4 Å². The number of likely N-dealkylation sites (tertiary alicyclic amines) is 1. The van der Waals surface area contributed by atoms with Gasteiger partial charge in [-0.05, 0) is 55.5 Å². The molecule has 1 aromatic carbocycles.